The molecule has 0 saturated heterocycles. The minimum Gasteiger partial charge on any atom is -0.337 e. The van der Waals surface area contributed by atoms with Crippen molar-refractivity contribution in [3.63, 3.8) is 0 Å². The van der Waals surface area contributed by atoms with Gasteiger partial charge in [-0.25, -0.2) is 8.42 Å². The van der Waals surface area contributed by atoms with Gasteiger partial charge in [-0.05, 0) is 44.0 Å². The molecule has 9 heteroatoms. The molecule has 3 aromatic rings. The molecule has 0 spiro atoms. The van der Waals surface area contributed by atoms with E-state index in [1.54, 1.807) is 26.1 Å². The fourth-order valence-electron chi connectivity index (χ4n) is 3.29. The second-order valence-electron chi connectivity index (χ2n) is 7.58. The average Bonchev–Trinajstić information content (AvgIpc) is 3.18. The molecule has 0 saturated carbocycles. The minimum absolute atomic E-state index is 0.0630. The van der Waals surface area contributed by atoms with E-state index < -0.39 is 16.1 Å². The van der Waals surface area contributed by atoms with Crippen LogP contribution in [0.2, 0.25) is 0 Å². The number of carbonyl (C=O) groups is 1. The predicted molar refractivity (Wildman–Crippen MR) is 119 cm³/mol. The second-order valence-corrected chi connectivity index (χ2v) is 9.43. The Labute approximate surface area is 182 Å². The average molecular weight is 443 g/mol. The van der Waals surface area contributed by atoms with Crippen LogP contribution in [0.25, 0.3) is 11.4 Å². The Bertz CT molecular complexity index is 1180. The van der Waals surface area contributed by atoms with Crippen molar-refractivity contribution >= 4 is 21.6 Å². The lowest BCUT2D eigenvalue weighted by molar-refractivity contribution is -0.131. The van der Waals surface area contributed by atoms with Gasteiger partial charge in [-0.2, -0.15) is 4.98 Å². The van der Waals surface area contributed by atoms with Crippen molar-refractivity contribution in [2.24, 2.45) is 0 Å². The highest BCUT2D eigenvalue weighted by Gasteiger charge is 2.31. The van der Waals surface area contributed by atoms with Gasteiger partial charge in [0.2, 0.25) is 27.6 Å². The lowest BCUT2D eigenvalue weighted by Crippen LogP contribution is -2.48. The molecule has 31 heavy (non-hydrogen) atoms. The molecule has 2 aromatic carbocycles. The molecule has 1 aromatic heterocycles. The number of benzene rings is 2. The third-order valence-electron chi connectivity index (χ3n) is 5.06. The Morgan fingerprint density at radius 1 is 1.10 bits per heavy atom. The number of hydrogen-bond acceptors (Lipinski definition) is 6. The monoisotopic (exact) mass is 442 g/mol. The standard InChI is InChI=1S/C22H26N4O4S/c1-15-11-12-19(13-16(15)2)26(31(5,28)29)17(3)22(27)25(4)14-20-23-21(24-30-20)18-9-7-6-8-10-18/h6-13,17H,14H2,1-5H3. The Balaban J connectivity index is 1.79. The summed E-state index contributed by atoms with van der Waals surface area (Å²) in [4.78, 5) is 18.8. The van der Waals surface area contributed by atoms with Crippen LogP contribution in [-0.4, -0.2) is 48.7 Å². The number of aryl methyl sites for hydroxylation is 2. The van der Waals surface area contributed by atoms with Crippen LogP contribution in [0, 0.1) is 13.8 Å². The molecule has 1 heterocycles. The number of rotatable bonds is 7. The van der Waals surface area contributed by atoms with Gasteiger partial charge in [-0.1, -0.05) is 41.6 Å². The highest BCUT2D eigenvalue weighted by Crippen LogP contribution is 2.24. The molecular weight excluding hydrogens is 416 g/mol. The largest absolute Gasteiger partial charge is 0.337 e. The van der Waals surface area contributed by atoms with Crippen molar-refractivity contribution in [2.75, 3.05) is 17.6 Å². The summed E-state index contributed by atoms with van der Waals surface area (Å²) in [5.74, 6) is 0.305. The normalized spacial score (nSPS) is 12.4. The maximum atomic E-state index is 13.1. The van der Waals surface area contributed by atoms with Crippen LogP contribution >= 0.6 is 0 Å². The first-order valence-corrected chi connectivity index (χ1v) is 11.6. The van der Waals surface area contributed by atoms with Crippen molar-refractivity contribution < 1.29 is 17.7 Å². The van der Waals surface area contributed by atoms with Gasteiger partial charge in [0.05, 0.1) is 18.5 Å². The molecule has 0 fully saturated rings. The van der Waals surface area contributed by atoms with E-state index in [0.717, 1.165) is 27.3 Å². The number of likely N-dealkylation sites (N-methyl/N-ethyl adjacent to an activating group) is 1. The smallest absolute Gasteiger partial charge is 0.246 e. The molecule has 0 N–H and O–H groups in total. The third-order valence-corrected chi connectivity index (χ3v) is 6.30. The van der Waals surface area contributed by atoms with Crippen LogP contribution in [0.3, 0.4) is 0 Å². The minimum atomic E-state index is -3.70. The fourth-order valence-corrected chi connectivity index (χ4v) is 4.45. The number of anilines is 1. The molecule has 0 radical (unpaired) electrons. The van der Waals surface area contributed by atoms with E-state index in [1.165, 1.54) is 4.90 Å². The first kappa shape index (κ1) is 22.5. The summed E-state index contributed by atoms with van der Waals surface area (Å²) < 4.78 is 31.5. The van der Waals surface area contributed by atoms with Gasteiger partial charge < -0.3 is 9.42 Å². The summed E-state index contributed by atoms with van der Waals surface area (Å²) in [7, 11) is -2.12. The number of amides is 1. The van der Waals surface area contributed by atoms with Gasteiger partial charge in [0.1, 0.15) is 6.04 Å². The zero-order valence-electron chi connectivity index (χ0n) is 18.2. The van der Waals surface area contributed by atoms with Crippen LogP contribution < -0.4 is 4.31 Å². The first-order chi connectivity index (χ1) is 14.6. The molecule has 0 aliphatic carbocycles. The zero-order chi connectivity index (χ0) is 22.8. The van der Waals surface area contributed by atoms with Crippen molar-refractivity contribution in [3.8, 4) is 11.4 Å². The Kier molecular flexibility index (Phi) is 6.45. The summed E-state index contributed by atoms with van der Waals surface area (Å²) in [5.41, 5.74) is 3.24. The molecule has 8 nitrogen and oxygen atoms in total. The van der Waals surface area contributed by atoms with Gasteiger partial charge in [0, 0.05) is 12.6 Å². The number of carbonyl (C=O) groups excluding carboxylic acids is 1. The topological polar surface area (TPSA) is 96.6 Å². The summed E-state index contributed by atoms with van der Waals surface area (Å²) in [6.07, 6.45) is 1.09. The molecular formula is C22H26N4O4S. The van der Waals surface area contributed by atoms with Crippen molar-refractivity contribution in [3.05, 3.63) is 65.5 Å². The lowest BCUT2D eigenvalue weighted by atomic mass is 10.1. The van der Waals surface area contributed by atoms with E-state index >= 15 is 0 Å². The maximum Gasteiger partial charge on any atom is 0.246 e. The van der Waals surface area contributed by atoms with E-state index in [9.17, 15) is 13.2 Å². The summed E-state index contributed by atoms with van der Waals surface area (Å²) >= 11 is 0. The van der Waals surface area contributed by atoms with Crippen LogP contribution in [-0.2, 0) is 21.4 Å². The molecule has 1 atom stereocenters. The second kappa shape index (κ2) is 8.89. The van der Waals surface area contributed by atoms with Gasteiger partial charge in [-0.15, -0.1) is 0 Å². The van der Waals surface area contributed by atoms with Crippen LogP contribution in [0.15, 0.2) is 53.1 Å². The Morgan fingerprint density at radius 2 is 1.77 bits per heavy atom. The van der Waals surface area contributed by atoms with Crippen LogP contribution in [0.1, 0.15) is 23.9 Å². The van der Waals surface area contributed by atoms with Gasteiger partial charge in [0.25, 0.3) is 0 Å². The molecule has 3 rings (SSSR count). The lowest BCUT2D eigenvalue weighted by Gasteiger charge is -2.31. The molecule has 0 aliphatic rings. The number of sulfonamides is 1. The molecule has 164 valence electrons. The van der Waals surface area contributed by atoms with Gasteiger partial charge in [0.15, 0.2) is 0 Å². The van der Waals surface area contributed by atoms with Gasteiger partial charge in [-0.3, -0.25) is 9.10 Å². The molecule has 1 unspecified atom stereocenters. The quantitative estimate of drug-likeness (QED) is 0.558. The zero-order valence-corrected chi connectivity index (χ0v) is 19.0. The van der Waals surface area contributed by atoms with E-state index in [0.29, 0.717) is 11.5 Å². The maximum absolute atomic E-state index is 13.1. The summed E-state index contributed by atoms with van der Waals surface area (Å²) in [5, 5.41) is 3.95. The van der Waals surface area contributed by atoms with Crippen molar-refractivity contribution in [1.29, 1.82) is 0 Å². The third kappa shape index (κ3) is 5.11. The molecule has 1 amide bonds. The van der Waals surface area contributed by atoms with Crippen molar-refractivity contribution in [1.82, 2.24) is 15.0 Å². The van der Waals surface area contributed by atoms with E-state index in [4.69, 9.17) is 4.52 Å². The molecule has 0 bridgehead atoms. The Morgan fingerprint density at radius 3 is 2.39 bits per heavy atom. The number of hydrogen-bond donors (Lipinski definition) is 0. The SMILES string of the molecule is Cc1ccc(N(C(C)C(=O)N(C)Cc2nc(-c3ccccc3)no2)S(C)(=O)=O)cc1C. The molecule has 0 aliphatic heterocycles. The van der Waals surface area contributed by atoms with Crippen LogP contribution in [0.5, 0.6) is 0 Å². The first-order valence-electron chi connectivity index (χ1n) is 9.77. The fraction of sp³-hybridized carbons (Fsp3) is 0.318. The van der Waals surface area contributed by atoms with E-state index in [2.05, 4.69) is 10.1 Å². The summed E-state index contributed by atoms with van der Waals surface area (Å²) in [6.45, 7) is 5.48. The highest BCUT2D eigenvalue weighted by atomic mass is 32.2. The summed E-state index contributed by atoms with van der Waals surface area (Å²) in [6, 6.07) is 13.7. The number of aromatic nitrogens is 2. The van der Waals surface area contributed by atoms with E-state index in [-0.39, 0.29) is 18.3 Å². The van der Waals surface area contributed by atoms with Crippen molar-refractivity contribution in [2.45, 2.75) is 33.4 Å². The predicted octanol–water partition coefficient (Wildman–Crippen LogP) is 3.17. The Hall–Kier alpha value is -3.20. The van der Waals surface area contributed by atoms with Crippen LogP contribution in [0.4, 0.5) is 5.69 Å². The van der Waals surface area contributed by atoms with E-state index in [1.807, 2.05) is 50.2 Å². The number of nitrogens with zero attached hydrogens (tertiary/aromatic N) is 4. The van der Waals surface area contributed by atoms with Gasteiger partial charge >= 0.3 is 0 Å². The highest BCUT2D eigenvalue weighted by molar-refractivity contribution is 7.92.